The van der Waals surface area contributed by atoms with Gasteiger partial charge in [-0.25, -0.2) is 0 Å². The van der Waals surface area contributed by atoms with E-state index in [9.17, 15) is 24.3 Å². The molecule has 4 aliphatic rings. The molecular weight excluding hydrogens is 781 g/mol. The van der Waals surface area contributed by atoms with Crippen molar-refractivity contribution in [1.82, 2.24) is 5.32 Å². The zero-order chi connectivity index (χ0) is 42.4. The number of nitrogens with one attached hydrogen (secondary N) is 4. The Morgan fingerprint density at radius 1 is 0.787 bits per heavy atom. The molecule has 5 aromatic carbocycles. The summed E-state index contributed by atoms with van der Waals surface area (Å²) in [5.41, 5.74) is 7.33. The SMILES string of the molecule is COc1cc2c(cc1OCc1cc(COc3cc4c(cc3OC)C(=O)N3c5ccccc5CC3[C@@H](O)N4)cc(NC(=O)C(C)NC=O)c1)NCC1Cc3ccccc3N1C2=O. The second-order valence-corrected chi connectivity index (χ2v) is 15.4. The van der Waals surface area contributed by atoms with E-state index in [4.69, 9.17) is 18.9 Å². The largest absolute Gasteiger partial charge is 0.493 e. The second-order valence-electron chi connectivity index (χ2n) is 15.4. The highest BCUT2D eigenvalue weighted by atomic mass is 16.5. The van der Waals surface area contributed by atoms with Crippen LogP contribution in [0.2, 0.25) is 0 Å². The molecular formula is C46H44N6O9. The number of hydrogen-bond donors (Lipinski definition) is 5. The lowest BCUT2D eigenvalue weighted by Crippen LogP contribution is -2.45. The molecule has 5 aromatic rings. The molecule has 0 fully saturated rings. The summed E-state index contributed by atoms with van der Waals surface area (Å²) >= 11 is 0. The molecule has 312 valence electrons. The van der Waals surface area contributed by atoms with Crippen LogP contribution in [0.1, 0.15) is 49.9 Å². The number of aliphatic hydroxyl groups is 1. The number of rotatable bonds is 12. The molecule has 3 unspecified atom stereocenters. The number of carbonyl (C=O) groups excluding carboxylic acids is 4. The molecule has 9 rings (SSSR count). The molecule has 0 bridgehead atoms. The monoisotopic (exact) mass is 824 g/mol. The van der Waals surface area contributed by atoms with Gasteiger partial charge in [-0.3, -0.25) is 19.2 Å². The van der Waals surface area contributed by atoms with Gasteiger partial charge in [-0.1, -0.05) is 36.4 Å². The van der Waals surface area contributed by atoms with Gasteiger partial charge < -0.3 is 55.1 Å². The van der Waals surface area contributed by atoms with Crippen LogP contribution in [0.4, 0.5) is 28.4 Å². The first-order valence-electron chi connectivity index (χ1n) is 20.0. The summed E-state index contributed by atoms with van der Waals surface area (Å²) in [5, 5.41) is 23.2. The van der Waals surface area contributed by atoms with Crippen LogP contribution in [0.25, 0.3) is 0 Å². The van der Waals surface area contributed by atoms with Crippen LogP contribution in [0, 0.1) is 0 Å². The highest BCUT2D eigenvalue weighted by Crippen LogP contribution is 2.43. The summed E-state index contributed by atoms with van der Waals surface area (Å²) in [4.78, 5) is 55.6. The number of benzene rings is 5. The summed E-state index contributed by atoms with van der Waals surface area (Å²) in [6.45, 7) is 2.16. The Hall–Kier alpha value is -7.26. The van der Waals surface area contributed by atoms with E-state index in [0.717, 1.165) is 28.9 Å². The zero-order valence-electron chi connectivity index (χ0n) is 33.7. The minimum atomic E-state index is -1.05. The molecule has 4 heterocycles. The molecule has 5 N–H and O–H groups in total. The van der Waals surface area contributed by atoms with Gasteiger partial charge in [-0.2, -0.15) is 0 Å². The maximum atomic E-state index is 14.0. The molecule has 4 amide bonds. The number of carbonyl (C=O) groups is 4. The van der Waals surface area contributed by atoms with E-state index in [1.165, 1.54) is 14.2 Å². The third-order valence-corrected chi connectivity index (χ3v) is 11.6. The van der Waals surface area contributed by atoms with Gasteiger partial charge in [0.2, 0.25) is 12.3 Å². The fourth-order valence-electron chi connectivity index (χ4n) is 8.60. The lowest BCUT2D eigenvalue weighted by molar-refractivity contribution is -0.120. The summed E-state index contributed by atoms with van der Waals surface area (Å²) in [7, 11) is 3.00. The highest BCUT2D eigenvalue weighted by molar-refractivity contribution is 6.13. The van der Waals surface area contributed by atoms with E-state index in [-0.39, 0.29) is 31.1 Å². The molecule has 0 spiro atoms. The topological polar surface area (TPSA) is 180 Å². The van der Waals surface area contributed by atoms with Crippen LogP contribution in [-0.4, -0.2) is 74.4 Å². The molecule has 0 aromatic heterocycles. The maximum absolute atomic E-state index is 14.0. The molecule has 15 nitrogen and oxygen atoms in total. The first kappa shape index (κ1) is 39.2. The Morgan fingerprint density at radius 3 is 2.00 bits per heavy atom. The van der Waals surface area contributed by atoms with E-state index in [1.807, 2.05) is 53.4 Å². The van der Waals surface area contributed by atoms with Gasteiger partial charge in [-0.05, 0) is 84.5 Å². The van der Waals surface area contributed by atoms with Gasteiger partial charge in [0.25, 0.3) is 11.8 Å². The Bertz CT molecular complexity index is 2580. The van der Waals surface area contributed by atoms with Gasteiger partial charge in [0.15, 0.2) is 23.0 Å². The molecule has 0 saturated heterocycles. The van der Waals surface area contributed by atoms with E-state index in [2.05, 4.69) is 27.3 Å². The summed E-state index contributed by atoms with van der Waals surface area (Å²) < 4.78 is 24.1. The van der Waals surface area contributed by atoms with E-state index < -0.39 is 24.2 Å². The highest BCUT2D eigenvalue weighted by Gasteiger charge is 2.42. The average molecular weight is 825 g/mol. The molecule has 0 aliphatic carbocycles. The number of nitrogens with zero attached hydrogens (tertiary/aromatic N) is 2. The third-order valence-electron chi connectivity index (χ3n) is 11.6. The van der Waals surface area contributed by atoms with Crippen LogP contribution < -0.4 is 50.0 Å². The minimum Gasteiger partial charge on any atom is -0.493 e. The van der Waals surface area contributed by atoms with Crippen molar-refractivity contribution in [1.29, 1.82) is 0 Å². The number of anilines is 5. The maximum Gasteiger partial charge on any atom is 0.260 e. The fraction of sp³-hybridized carbons (Fsp3) is 0.261. The number of methoxy groups -OCH3 is 2. The normalized spacial score (nSPS) is 18.6. The summed E-state index contributed by atoms with van der Waals surface area (Å²) in [6.07, 6.45) is 0.657. The first-order chi connectivity index (χ1) is 29.6. The Morgan fingerprint density at radius 2 is 1.36 bits per heavy atom. The lowest BCUT2D eigenvalue weighted by atomic mass is 10.1. The Kier molecular flexibility index (Phi) is 10.3. The van der Waals surface area contributed by atoms with E-state index in [0.29, 0.717) is 81.7 Å². The quantitative estimate of drug-likeness (QED) is 0.104. The van der Waals surface area contributed by atoms with Gasteiger partial charge in [0.1, 0.15) is 25.5 Å². The number of ether oxygens (including phenoxy) is 4. The molecule has 4 atom stereocenters. The Balaban J connectivity index is 0.976. The zero-order valence-corrected chi connectivity index (χ0v) is 33.7. The number of amides is 4. The van der Waals surface area contributed by atoms with Crippen molar-refractivity contribution in [2.75, 3.05) is 46.5 Å². The minimum absolute atomic E-state index is 0.00160. The van der Waals surface area contributed by atoms with Crippen molar-refractivity contribution in [3.05, 3.63) is 124 Å². The fourth-order valence-corrected chi connectivity index (χ4v) is 8.60. The predicted molar refractivity (Wildman–Crippen MR) is 228 cm³/mol. The van der Waals surface area contributed by atoms with Gasteiger partial charge in [0, 0.05) is 35.7 Å². The number of hydrogen-bond acceptors (Lipinski definition) is 11. The molecule has 0 radical (unpaired) electrons. The molecule has 4 aliphatic heterocycles. The smallest absolute Gasteiger partial charge is 0.260 e. The molecule has 61 heavy (non-hydrogen) atoms. The number of fused-ring (bicyclic) bond motifs is 8. The van der Waals surface area contributed by atoms with Crippen molar-refractivity contribution in [3.8, 4) is 23.0 Å². The Labute approximate surface area is 351 Å². The van der Waals surface area contributed by atoms with Crippen molar-refractivity contribution in [2.45, 2.75) is 57.3 Å². The second kappa shape index (κ2) is 16.1. The third kappa shape index (κ3) is 7.26. The van der Waals surface area contributed by atoms with Crippen molar-refractivity contribution >= 4 is 52.6 Å². The van der Waals surface area contributed by atoms with Gasteiger partial charge in [0.05, 0.1) is 48.8 Å². The van der Waals surface area contributed by atoms with Crippen molar-refractivity contribution < 1.29 is 43.2 Å². The van der Waals surface area contributed by atoms with Gasteiger partial charge >= 0.3 is 0 Å². The van der Waals surface area contributed by atoms with Crippen molar-refractivity contribution in [2.24, 2.45) is 0 Å². The molecule has 0 saturated carbocycles. The van der Waals surface area contributed by atoms with Gasteiger partial charge in [-0.15, -0.1) is 0 Å². The van der Waals surface area contributed by atoms with E-state index in [1.54, 1.807) is 48.2 Å². The van der Waals surface area contributed by atoms with Crippen molar-refractivity contribution in [3.63, 3.8) is 0 Å². The van der Waals surface area contributed by atoms with Crippen LogP contribution in [-0.2, 0) is 35.6 Å². The number of aliphatic hydroxyl groups excluding tert-OH is 1. The predicted octanol–water partition coefficient (Wildman–Crippen LogP) is 5.25. The van der Waals surface area contributed by atoms with E-state index >= 15 is 0 Å². The van der Waals surface area contributed by atoms with Crippen LogP contribution >= 0.6 is 0 Å². The standard InChI is InChI=1S/C46H44N6O9/c1-25(48-24-53)43(54)49-30-13-26(22-60-41-19-34-32(17-39(41)58-2)45(56)51-31(21-47-34)15-28-8-4-6-10-36(28)51)12-27(14-30)23-61-42-20-35-33(18-40(42)59-3)46(57)52-37-11-7-5-9-29(37)16-38(52)44(55)50-35/h4-14,17-20,24-25,31,38,44,47,50,55H,15-16,21-23H2,1-3H3,(H,48,53)(H,49,54)/t25?,31?,38?,44-/m1/s1. The number of para-hydroxylation sites is 2. The summed E-state index contributed by atoms with van der Waals surface area (Å²) in [5.74, 6) is 0.567. The van der Waals surface area contributed by atoms with Crippen LogP contribution in [0.3, 0.4) is 0 Å². The average Bonchev–Trinajstić information content (AvgIpc) is 3.79. The van der Waals surface area contributed by atoms with Crippen LogP contribution in [0.15, 0.2) is 91.0 Å². The molecule has 15 heteroatoms. The van der Waals surface area contributed by atoms with Crippen LogP contribution in [0.5, 0.6) is 23.0 Å². The first-order valence-corrected chi connectivity index (χ1v) is 20.0. The summed E-state index contributed by atoms with van der Waals surface area (Å²) in [6, 6.07) is 26.3. The lowest BCUT2D eigenvalue weighted by Gasteiger charge is -2.26.